The molecule has 0 aliphatic heterocycles. The van der Waals surface area contributed by atoms with Crippen LogP contribution in [0.2, 0.25) is 0 Å². The molecule has 0 rings (SSSR count). The van der Waals surface area contributed by atoms with Crippen LogP contribution in [-0.2, 0) is 4.79 Å². The lowest BCUT2D eigenvalue weighted by molar-refractivity contribution is -0.123. The van der Waals surface area contributed by atoms with Gasteiger partial charge in [0.2, 0.25) is 5.91 Å². The number of nitrogens with two attached hydrogens (primary N) is 1. The van der Waals surface area contributed by atoms with Gasteiger partial charge in [0, 0.05) is 6.54 Å². The summed E-state index contributed by atoms with van der Waals surface area (Å²) in [6.07, 6.45) is 15.7. The smallest absolute Gasteiger partial charge is 0.239 e. The van der Waals surface area contributed by atoms with Gasteiger partial charge < -0.3 is 16.2 Å². The highest BCUT2D eigenvalue weighted by Crippen LogP contribution is 2.11. The number of carbonyl (C=O) groups excluding carboxylic acids is 1. The van der Waals surface area contributed by atoms with Crippen molar-refractivity contribution in [2.75, 3.05) is 13.2 Å². The molecule has 5 heteroatoms. The minimum absolute atomic E-state index is 0. The first-order chi connectivity index (χ1) is 10.2. The van der Waals surface area contributed by atoms with Crippen LogP contribution in [0.4, 0.5) is 0 Å². The summed E-state index contributed by atoms with van der Waals surface area (Å²) in [5.74, 6) is -0.249. The SMILES string of the molecule is CCCCCCCCCCCCCCNC(=O)C(N)CO.Cl. The van der Waals surface area contributed by atoms with Crippen LogP contribution in [0.25, 0.3) is 0 Å². The van der Waals surface area contributed by atoms with E-state index in [2.05, 4.69) is 12.2 Å². The number of nitrogens with one attached hydrogen (secondary N) is 1. The zero-order chi connectivity index (χ0) is 15.8. The Morgan fingerprint density at radius 1 is 0.909 bits per heavy atom. The highest BCUT2D eigenvalue weighted by Gasteiger charge is 2.09. The number of aliphatic hydroxyl groups is 1. The molecule has 22 heavy (non-hydrogen) atoms. The highest BCUT2D eigenvalue weighted by atomic mass is 35.5. The number of aliphatic hydroxyl groups excluding tert-OH is 1. The summed E-state index contributed by atoms with van der Waals surface area (Å²) in [5, 5.41) is 11.5. The van der Waals surface area contributed by atoms with E-state index in [4.69, 9.17) is 10.8 Å². The number of hydrogen-bond acceptors (Lipinski definition) is 3. The van der Waals surface area contributed by atoms with Crippen molar-refractivity contribution < 1.29 is 9.90 Å². The molecule has 0 radical (unpaired) electrons. The first kappa shape index (κ1) is 23.9. The Hall–Kier alpha value is -0.320. The molecule has 0 bridgehead atoms. The van der Waals surface area contributed by atoms with Crippen molar-refractivity contribution >= 4 is 18.3 Å². The number of halogens is 1. The summed E-state index contributed by atoms with van der Waals surface area (Å²) in [5.41, 5.74) is 5.40. The first-order valence-corrected chi connectivity index (χ1v) is 8.86. The third kappa shape index (κ3) is 16.1. The third-order valence-electron chi connectivity index (χ3n) is 3.86. The summed E-state index contributed by atoms with van der Waals surface area (Å²) < 4.78 is 0. The monoisotopic (exact) mass is 336 g/mol. The van der Waals surface area contributed by atoms with Crippen molar-refractivity contribution in [2.45, 2.75) is 90.0 Å². The molecule has 0 spiro atoms. The lowest BCUT2D eigenvalue weighted by Gasteiger charge is -2.09. The molecule has 0 saturated carbocycles. The van der Waals surface area contributed by atoms with Gasteiger partial charge in [0.15, 0.2) is 0 Å². The van der Waals surface area contributed by atoms with E-state index in [1.807, 2.05) is 0 Å². The molecule has 1 atom stereocenters. The molecule has 1 unspecified atom stereocenters. The predicted octanol–water partition coefficient (Wildman–Crippen LogP) is 3.55. The van der Waals surface area contributed by atoms with Crippen molar-refractivity contribution in [2.24, 2.45) is 5.73 Å². The quantitative estimate of drug-likeness (QED) is 0.400. The summed E-state index contributed by atoms with van der Waals surface area (Å²) >= 11 is 0. The van der Waals surface area contributed by atoms with E-state index >= 15 is 0 Å². The van der Waals surface area contributed by atoms with Crippen LogP contribution < -0.4 is 11.1 Å². The van der Waals surface area contributed by atoms with Crippen LogP contribution in [0.1, 0.15) is 84.0 Å². The molecule has 0 aromatic carbocycles. The van der Waals surface area contributed by atoms with Crippen molar-refractivity contribution in [1.82, 2.24) is 5.32 Å². The van der Waals surface area contributed by atoms with E-state index in [9.17, 15) is 4.79 Å². The van der Waals surface area contributed by atoms with Gasteiger partial charge in [-0.3, -0.25) is 4.79 Å². The highest BCUT2D eigenvalue weighted by molar-refractivity contribution is 5.85. The van der Waals surface area contributed by atoms with E-state index in [1.165, 1.54) is 64.2 Å². The van der Waals surface area contributed by atoms with E-state index in [0.29, 0.717) is 6.54 Å². The zero-order valence-electron chi connectivity index (χ0n) is 14.3. The van der Waals surface area contributed by atoms with Crippen molar-refractivity contribution in [3.05, 3.63) is 0 Å². The maximum absolute atomic E-state index is 11.3. The Bertz CT molecular complexity index is 241. The van der Waals surface area contributed by atoms with Gasteiger partial charge in [-0.05, 0) is 6.42 Å². The van der Waals surface area contributed by atoms with Gasteiger partial charge in [-0.25, -0.2) is 0 Å². The fourth-order valence-corrected chi connectivity index (χ4v) is 2.39. The second kappa shape index (κ2) is 18.7. The second-order valence-corrected chi connectivity index (χ2v) is 5.97. The Kier molecular flexibility index (Phi) is 20.4. The normalized spacial score (nSPS) is 11.8. The molecule has 0 aliphatic rings. The number of carbonyl (C=O) groups is 1. The lowest BCUT2D eigenvalue weighted by Crippen LogP contribution is -2.43. The van der Waals surface area contributed by atoms with Gasteiger partial charge >= 0.3 is 0 Å². The van der Waals surface area contributed by atoms with Crippen molar-refractivity contribution in [1.29, 1.82) is 0 Å². The summed E-state index contributed by atoms with van der Waals surface area (Å²) in [6, 6.07) is -0.776. The lowest BCUT2D eigenvalue weighted by atomic mass is 10.1. The van der Waals surface area contributed by atoms with E-state index < -0.39 is 6.04 Å². The first-order valence-electron chi connectivity index (χ1n) is 8.86. The van der Waals surface area contributed by atoms with Crippen molar-refractivity contribution in [3.63, 3.8) is 0 Å². The van der Waals surface area contributed by atoms with Gasteiger partial charge in [0.1, 0.15) is 6.04 Å². The Morgan fingerprint density at radius 2 is 1.32 bits per heavy atom. The molecule has 0 saturated heterocycles. The van der Waals surface area contributed by atoms with Crippen LogP contribution in [0, 0.1) is 0 Å². The fourth-order valence-electron chi connectivity index (χ4n) is 2.39. The summed E-state index contributed by atoms with van der Waals surface area (Å²) in [7, 11) is 0. The predicted molar refractivity (Wildman–Crippen MR) is 96.4 cm³/mol. The molecular weight excluding hydrogens is 300 g/mol. The van der Waals surface area contributed by atoms with E-state index in [1.54, 1.807) is 0 Å². The van der Waals surface area contributed by atoms with Crippen molar-refractivity contribution in [3.8, 4) is 0 Å². The van der Waals surface area contributed by atoms with Crippen LogP contribution in [-0.4, -0.2) is 30.2 Å². The fraction of sp³-hybridized carbons (Fsp3) is 0.941. The summed E-state index contributed by atoms with van der Waals surface area (Å²) in [6.45, 7) is 2.64. The number of unbranched alkanes of at least 4 members (excludes halogenated alkanes) is 11. The average Bonchev–Trinajstić information content (AvgIpc) is 2.50. The second-order valence-electron chi connectivity index (χ2n) is 5.97. The topological polar surface area (TPSA) is 75.4 Å². The van der Waals surface area contributed by atoms with Gasteiger partial charge in [0.05, 0.1) is 6.61 Å². The standard InChI is InChI=1S/C17H36N2O2.ClH/c1-2-3-4-5-6-7-8-9-10-11-12-13-14-19-17(21)16(18)15-20;/h16,20H,2-15,18H2,1H3,(H,19,21);1H. The minimum atomic E-state index is -0.776. The zero-order valence-corrected chi connectivity index (χ0v) is 15.1. The number of hydrogen-bond donors (Lipinski definition) is 3. The molecule has 0 heterocycles. The number of rotatable bonds is 15. The largest absolute Gasteiger partial charge is 0.394 e. The van der Waals surface area contributed by atoms with Crippen LogP contribution in [0.15, 0.2) is 0 Å². The van der Waals surface area contributed by atoms with Gasteiger partial charge in [-0.15, -0.1) is 12.4 Å². The van der Waals surface area contributed by atoms with Gasteiger partial charge in [0.25, 0.3) is 0 Å². The van der Waals surface area contributed by atoms with Gasteiger partial charge in [-0.2, -0.15) is 0 Å². The third-order valence-corrected chi connectivity index (χ3v) is 3.86. The Labute approximate surface area is 143 Å². The molecule has 1 amide bonds. The maximum atomic E-state index is 11.3. The van der Waals surface area contributed by atoms with Crippen LogP contribution in [0.5, 0.6) is 0 Å². The summed E-state index contributed by atoms with van der Waals surface area (Å²) in [4.78, 5) is 11.3. The molecule has 0 fully saturated rings. The molecule has 4 nitrogen and oxygen atoms in total. The van der Waals surface area contributed by atoms with Crippen LogP contribution in [0.3, 0.4) is 0 Å². The Balaban J connectivity index is 0. The number of amides is 1. The van der Waals surface area contributed by atoms with E-state index in [0.717, 1.165) is 12.8 Å². The van der Waals surface area contributed by atoms with E-state index in [-0.39, 0.29) is 24.9 Å². The van der Waals surface area contributed by atoms with Gasteiger partial charge in [-0.1, -0.05) is 77.6 Å². The molecule has 4 N–H and O–H groups in total. The van der Waals surface area contributed by atoms with Crippen LogP contribution >= 0.6 is 12.4 Å². The minimum Gasteiger partial charge on any atom is -0.394 e. The molecule has 134 valence electrons. The molecule has 0 aliphatic carbocycles. The molecule has 0 aromatic heterocycles. The molecule has 0 aromatic rings. The maximum Gasteiger partial charge on any atom is 0.239 e. The molecular formula is C17H37ClN2O2. The Morgan fingerprint density at radius 3 is 1.73 bits per heavy atom. The average molecular weight is 337 g/mol.